The zero-order valence-electron chi connectivity index (χ0n) is 11.0. The predicted molar refractivity (Wildman–Crippen MR) is 76.0 cm³/mol. The summed E-state index contributed by atoms with van der Waals surface area (Å²) < 4.78 is 24.6. The van der Waals surface area contributed by atoms with E-state index in [1.807, 2.05) is 0 Å². The Hall–Kier alpha value is -1.64. The molecule has 0 bridgehead atoms. The Kier molecular flexibility index (Phi) is 4.26. The molecule has 1 aliphatic heterocycles. The highest BCUT2D eigenvalue weighted by Crippen LogP contribution is 2.17. The van der Waals surface area contributed by atoms with Gasteiger partial charge in [0, 0.05) is 12.2 Å². The molecule has 2 unspecified atom stereocenters. The van der Waals surface area contributed by atoms with Crippen molar-refractivity contribution in [1.82, 2.24) is 5.32 Å². The van der Waals surface area contributed by atoms with E-state index in [0.29, 0.717) is 24.3 Å². The first-order valence-electron chi connectivity index (χ1n) is 6.14. The van der Waals surface area contributed by atoms with Gasteiger partial charge in [-0.05, 0) is 24.6 Å². The third kappa shape index (κ3) is 4.19. The van der Waals surface area contributed by atoms with Gasteiger partial charge in [-0.2, -0.15) is 0 Å². The lowest BCUT2D eigenvalue weighted by molar-refractivity contribution is -0.117. The molecule has 20 heavy (non-hydrogen) atoms. The van der Waals surface area contributed by atoms with Gasteiger partial charge in [-0.3, -0.25) is 9.52 Å². The first kappa shape index (κ1) is 14.8. The van der Waals surface area contributed by atoms with Crippen LogP contribution in [0.2, 0.25) is 0 Å². The van der Waals surface area contributed by atoms with E-state index in [2.05, 4.69) is 15.4 Å². The molecule has 1 heterocycles. The Morgan fingerprint density at radius 2 is 2.10 bits per heavy atom. The van der Waals surface area contributed by atoms with Gasteiger partial charge >= 0.3 is 0 Å². The van der Waals surface area contributed by atoms with Crippen LogP contribution < -0.4 is 15.4 Å². The quantitative estimate of drug-likeness (QED) is 0.611. The lowest BCUT2D eigenvalue weighted by atomic mass is 10.2. The lowest BCUT2D eigenvalue weighted by Crippen LogP contribution is -2.35. The molecule has 1 aromatic carbocycles. The van der Waals surface area contributed by atoms with Gasteiger partial charge in [0.25, 0.3) is 0 Å². The number of amides is 1. The molecule has 110 valence electrons. The van der Waals surface area contributed by atoms with Crippen molar-refractivity contribution in [1.29, 1.82) is 0 Å². The molecule has 0 saturated carbocycles. The number of aliphatic hydroxyl groups excluding tert-OH is 1. The van der Waals surface area contributed by atoms with E-state index in [9.17, 15) is 18.3 Å². The zero-order chi connectivity index (χ0) is 14.8. The number of anilines is 2. The Balaban J connectivity index is 2.02. The number of hydrogen-bond donors (Lipinski definition) is 4. The largest absolute Gasteiger partial charge is 0.392 e. The van der Waals surface area contributed by atoms with Gasteiger partial charge in [-0.1, -0.05) is 6.07 Å². The summed E-state index contributed by atoms with van der Waals surface area (Å²) >= 11 is 0. The highest BCUT2D eigenvalue weighted by atomic mass is 32.2. The summed E-state index contributed by atoms with van der Waals surface area (Å²) in [7, 11) is -3.35. The normalized spacial score (nSPS) is 22.5. The van der Waals surface area contributed by atoms with Gasteiger partial charge in [0.1, 0.15) is 0 Å². The van der Waals surface area contributed by atoms with E-state index in [1.54, 1.807) is 18.2 Å². The van der Waals surface area contributed by atoms with Gasteiger partial charge in [0.05, 0.1) is 24.1 Å². The fourth-order valence-corrected chi connectivity index (χ4v) is 2.58. The summed E-state index contributed by atoms with van der Waals surface area (Å²) in [6.07, 6.45) is 0.916. The minimum absolute atomic E-state index is 0.252. The lowest BCUT2D eigenvalue weighted by Gasteiger charge is -2.12. The molecule has 1 saturated heterocycles. The third-order valence-corrected chi connectivity index (χ3v) is 3.46. The first-order chi connectivity index (χ1) is 9.33. The van der Waals surface area contributed by atoms with Crippen molar-refractivity contribution in [3.05, 3.63) is 24.3 Å². The molecule has 1 amide bonds. The third-order valence-electron chi connectivity index (χ3n) is 2.86. The summed E-state index contributed by atoms with van der Waals surface area (Å²) in [6, 6.07) is 5.99. The molecule has 0 aromatic heterocycles. The Morgan fingerprint density at radius 3 is 2.70 bits per heavy atom. The van der Waals surface area contributed by atoms with Crippen molar-refractivity contribution in [3.63, 3.8) is 0 Å². The molecule has 2 atom stereocenters. The van der Waals surface area contributed by atoms with Crippen LogP contribution in [0.25, 0.3) is 0 Å². The van der Waals surface area contributed by atoms with Gasteiger partial charge in [-0.25, -0.2) is 8.42 Å². The van der Waals surface area contributed by atoms with Crippen LogP contribution in [0, 0.1) is 0 Å². The maximum atomic E-state index is 11.9. The van der Waals surface area contributed by atoms with Crippen LogP contribution in [-0.4, -0.2) is 44.4 Å². The number of benzene rings is 1. The number of rotatable bonds is 4. The van der Waals surface area contributed by atoms with E-state index in [1.165, 1.54) is 6.07 Å². The summed E-state index contributed by atoms with van der Waals surface area (Å²) in [5.41, 5.74) is 0.872. The average molecular weight is 299 g/mol. The molecule has 1 fully saturated rings. The van der Waals surface area contributed by atoms with Crippen molar-refractivity contribution in [2.24, 2.45) is 0 Å². The Morgan fingerprint density at radius 1 is 1.40 bits per heavy atom. The molecular weight excluding hydrogens is 282 g/mol. The van der Waals surface area contributed by atoms with E-state index in [0.717, 1.165) is 6.26 Å². The molecule has 4 N–H and O–H groups in total. The summed E-state index contributed by atoms with van der Waals surface area (Å²) in [4.78, 5) is 11.9. The highest BCUT2D eigenvalue weighted by molar-refractivity contribution is 7.92. The second-order valence-electron chi connectivity index (χ2n) is 4.79. The number of sulfonamides is 1. The van der Waals surface area contributed by atoms with Gasteiger partial charge in [0.15, 0.2) is 0 Å². The number of aliphatic hydroxyl groups is 1. The summed E-state index contributed by atoms with van der Waals surface area (Å²) in [5.74, 6) is -0.252. The van der Waals surface area contributed by atoms with Gasteiger partial charge in [-0.15, -0.1) is 0 Å². The van der Waals surface area contributed by atoms with Crippen LogP contribution in [0.15, 0.2) is 24.3 Å². The molecule has 7 nitrogen and oxygen atoms in total. The molecule has 1 aliphatic rings. The molecule has 8 heteroatoms. The van der Waals surface area contributed by atoms with Crippen LogP contribution in [0.1, 0.15) is 6.42 Å². The summed E-state index contributed by atoms with van der Waals surface area (Å²) in [5, 5.41) is 15.0. The molecule has 1 aromatic rings. The SMILES string of the molecule is CS(=O)(=O)Nc1cccc(NC(=O)C2CC(O)CN2)c1. The minimum Gasteiger partial charge on any atom is -0.392 e. The number of carbonyl (C=O) groups excluding carboxylic acids is 1. The number of carbonyl (C=O) groups is 1. The Labute approximate surface area is 117 Å². The van der Waals surface area contributed by atoms with E-state index < -0.39 is 22.2 Å². The van der Waals surface area contributed by atoms with Crippen LogP contribution in [0.5, 0.6) is 0 Å². The van der Waals surface area contributed by atoms with Crippen molar-refractivity contribution in [3.8, 4) is 0 Å². The monoisotopic (exact) mass is 299 g/mol. The van der Waals surface area contributed by atoms with Crippen molar-refractivity contribution < 1.29 is 18.3 Å². The Bertz CT molecular complexity index is 602. The smallest absolute Gasteiger partial charge is 0.241 e. The van der Waals surface area contributed by atoms with Crippen molar-refractivity contribution in [2.75, 3.05) is 22.8 Å². The predicted octanol–water partition coefficient (Wildman–Crippen LogP) is -0.281. The second kappa shape index (κ2) is 5.78. The molecular formula is C12H17N3O4S. The average Bonchev–Trinajstić information content (AvgIpc) is 2.74. The van der Waals surface area contributed by atoms with Crippen LogP contribution >= 0.6 is 0 Å². The van der Waals surface area contributed by atoms with Gasteiger partial charge in [0.2, 0.25) is 15.9 Å². The minimum atomic E-state index is -3.35. The van der Waals surface area contributed by atoms with Crippen LogP contribution in [0.4, 0.5) is 11.4 Å². The second-order valence-corrected chi connectivity index (χ2v) is 6.54. The molecule has 0 aliphatic carbocycles. The maximum absolute atomic E-state index is 11.9. The highest BCUT2D eigenvalue weighted by Gasteiger charge is 2.27. The maximum Gasteiger partial charge on any atom is 0.241 e. The number of nitrogens with one attached hydrogen (secondary N) is 3. The van der Waals surface area contributed by atoms with Crippen LogP contribution in [0.3, 0.4) is 0 Å². The van der Waals surface area contributed by atoms with E-state index in [4.69, 9.17) is 0 Å². The van der Waals surface area contributed by atoms with Crippen LogP contribution in [-0.2, 0) is 14.8 Å². The first-order valence-corrected chi connectivity index (χ1v) is 8.03. The fourth-order valence-electron chi connectivity index (χ4n) is 2.02. The van der Waals surface area contributed by atoms with Gasteiger partial charge < -0.3 is 15.7 Å². The molecule has 0 spiro atoms. The fraction of sp³-hybridized carbons (Fsp3) is 0.417. The number of hydrogen-bond acceptors (Lipinski definition) is 5. The topological polar surface area (TPSA) is 108 Å². The van der Waals surface area contributed by atoms with E-state index in [-0.39, 0.29) is 5.91 Å². The van der Waals surface area contributed by atoms with E-state index >= 15 is 0 Å². The molecule has 2 rings (SSSR count). The van der Waals surface area contributed by atoms with Crippen molar-refractivity contribution in [2.45, 2.75) is 18.6 Å². The summed E-state index contributed by atoms with van der Waals surface area (Å²) in [6.45, 7) is 0.397. The van der Waals surface area contributed by atoms with Crippen molar-refractivity contribution >= 4 is 27.3 Å². The molecule has 0 radical (unpaired) electrons. The standard InChI is InChI=1S/C12H17N3O4S/c1-20(18,19)15-9-4-2-3-8(5-9)14-12(17)11-6-10(16)7-13-11/h2-5,10-11,13,15-16H,6-7H2,1H3,(H,14,17). The zero-order valence-corrected chi connectivity index (χ0v) is 11.8. The number of β-amino-alcohol motifs (C(OH)–C–C–N with tert-alkyl or cyclic N) is 1.